The molecule has 3 rings (SSSR count). The molecule has 1 aliphatic heterocycles. The lowest BCUT2D eigenvalue weighted by Gasteiger charge is -2.25. The minimum atomic E-state index is -0.0311. The molecule has 1 aliphatic rings. The minimum absolute atomic E-state index is 0.00770. The fourth-order valence-electron chi connectivity index (χ4n) is 3.22. The number of fused-ring (bicyclic) bond motifs is 1. The first kappa shape index (κ1) is 15.2. The van der Waals surface area contributed by atoms with Gasteiger partial charge in [0, 0.05) is 29.0 Å². The lowest BCUT2D eigenvalue weighted by molar-refractivity contribution is -0.113. The lowest BCUT2D eigenvalue weighted by atomic mass is 9.84. The van der Waals surface area contributed by atoms with Crippen molar-refractivity contribution < 1.29 is 9.59 Å². The summed E-state index contributed by atoms with van der Waals surface area (Å²) in [5, 5.41) is 5.32. The molecule has 0 radical (unpaired) electrons. The molecule has 0 bridgehead atoms. The van der Waals surface area contributed by atoms with Gasteiger partial charge in [0.15, 0.2) is 11.6 Å². The first-order valence-corrected chi connectivity index (χ1v) is 7.69. The predicted molar refractivity (Wildman–Crippen MR) is 92.9 cm³/mol. The van der Waals surface area contributed by atoms with E-state index in [0.717, 1.165) is 27.6 Å². The number of carbonyl (C=O) groups excluding carboxylic acids is 2. The van der Waals surface area contributed by atoms with Gasteiger partial charge in [-0.2, -0.15) is 0 Å². The molecule has 2 aromatic carbocycles. The zero-order valence-electron chi connectivity index (χ0n) is 13.6. The number of nitrogens with one attached hydrogen (secondary N) is 1. The Morgan fingerprint density at radius 3 is 2.35 bits per heavy atom. The molecule has 2 aromatic rings. The van der Waals surface area contributed by atoms with Gasteiger partial charge in [0.25, 0.3) is 0 Å². The Balaban J connectivity index is 2.40. The number of dihydropyridines is 1. The molecular weight excluding hydrogens is 286 g/mol. The molecule has 116 valence electrons. The minimum Gasteiger partial charge on any atom is -0.384 e. The average Bonchev–Trinajstić information content (AvgIpc) is 2.53. The van der Waals surface area contributed by atoms with Crippen LogP contribution in [-0.4, -0.2) is 18.1 Å². The third-order valence-electron chi connectivity index (χ3n) is 4.29. The number of benzene rings is 2. The summed E-state index contributed by atoms with van der Waals surface area (Å²) in [5.74, 6) is -0.0388. The van der Waals surface area contributed by atoms with Crippen molar-refractivity contribution in [3.8, 4) is 0 Å². The largest absolute Gasteiger partial charge is 0.384 e. The highest BCUT2D eigenvalue weighted by molar-refractivity contribution is 6.19. The van der Waals surface area contributed by atoms with E-state index in [2.05, 4.69) is 5.32 Å². The van der Waals surface area contributed by atoms with Crippen LogP contribution in [0.1, 0.15) is 26.3 Å². The first-order valence-electron chi connectivity index (χ1n) is 7.69. The second-order valence-corrected chi connectivity index (χ2v) is 5.85. The standard InChI is InChI=1S/C20H19NO2/c1-12-19(14(3)23)20(18(11-21-12)13(2)22)17-10-6-8-15-7-4-5-9-16(15)17/h4-10,21H,11H2,1-3H3. The van der Waals surface area contributed by atoms with Crippen molar-refractivity contribution in [2.45, 2.75) is 20.8 Å². The van der Waals surface area contributed by atoms with Gasteiger partial charge < -0.3 is 5.32 Å². The van der Waals surface area contributed by atoms with Gasteiger partial charge in [-0.15, -0.1) is 0 Å². The van der Waals surface area contributed by atoms with Crippen molar-refractivity contribution in [2.75, 3.05) is 6.54 Å². The molecule has 0 amide bonds. The monoisotopic (exact) mass is 305 g/mol. The third kappa shape index (κ3) is 2.59. The van der Waals surface area contributed by atoms with Crippen molar-refractivity contribution >= 4 is 27.9 Å². The molecule has 3 nitrogen and oxygen atoms in total. The van der Waals surface area contributed by atoms with Crippen molar-refractivity contribution in [1.82, 2.24) is 5.32 Å². The number of Topliss-reactive ketones (excluding diaryl/α,β-unsaturated/α-hetero) is 2. The SMILES string of the molecule is CC(=O)C1=C(c2cccc3ccccc23)C(C(C)=O)=C(C)NC1. The quantitative estimate of drug-likeness (QED) is 0.941. The van der Waals surface area contributed by atoms with Gasteiger partial charge in [0.2, 0.25) is 0 Å². The maximum Gasteiger partial charge on any atom is 0.162 e. The van der Waals surface area contributed by atoms with Crippen LogP contribution in [0.3, 0.4) is 0 Å². The Morgan fingerprint density at radius 1 is 0.957 bits per heavy atom. The summed E-state index contributed by atoms with van der Waals surface area (Å²) in [6.45, 7) is 5.45. The van der Waals surface area contributed by atoms with E-state index in [9.17, 15) is 9.59 Å². The van der Waals surface area contributed by atoms with E-state index in [1.807, 2.05) is 49.4 Å². The van der Waals surface area contributed by atoms with E-state index < -0.39 is 0 Å². The molecule has 0 saturated heterocycles. The van der Waals surface area contributed by atoms with Crippen LogP contribution in [0.4, 0.5) is 0 Å². The zero-order valence-corrected chi connectivity index (χ0v) is 13.6. The summed E-state index contributed by atoms with van der Waals surface area (Å²) in [5.41, 5.74) is 3.82. The topological polar surface area (TPSA) is 46.2 Å². The molecular formula is C20H19NO2. The van der Waals surface area contributed by atoms with E-state index in [1.165, 1.54) is 0 Å². The van der Waals surface area contributed by atoms with Crippen molar-refractivity contribution in [3.63, 3.8) is 0 Å². The van der Waals surface area contributed by atoms with E-state index in [1.54, 1.807) is 13.8 Å². The number of allylic oxidation sites excluding steroid dienone is 3. The molecule has 0 aliphatic carbocycles. The van der Waals surface area contributed by atoms with Crippen LogP contribution in [0.15, 0.2) is 59.3 Å². The highest BCUT2D eigenvalue weighted by atomic mass is 16.1. The number of carbonyl (C=O) groups is 2. The summed E-state index contributed by atoms with van der Waals surface area (Å²) < 4.78 is 0. The van der Waals surface area contributed by atoms with Crippen LogP contribution in [0, 0.1) is 0 Å². The fraction of sp³-hybridized carbons (Fsp3) is 0.200. The summed E-state index contributed by atoms with van der Waals surface area (Å²) in [6, 6.07) is 14.0. The predicted octanol–water partition coefficient (Wildman–Crippen LogP) is 3.65. The van der Waals surface area contributed by atoms with Gasteiger partial charge in [0.1, 0.15) is 0 Å². The van der Waals surface area contributed by atoms with E-state index in [4.69, 9.17) is 0 Å². The Bertz CT molecular complexity index is 882. The van der Waals surface area contributed by atoms with Crippen LogP contribution >= 0.6 is 0 Å². The molecule has 0 spiro atoms. The Labute approximate surface area is 135 Å². The number of ketones is 2. The van der Waals surface area contributed by atoms with Crippen molar-refractivity contribution in [2.24, 2.45) is 0 Å². The Hall–Kier alpha value is -2.68. The van der Waals surface area contributed by atoms with E-state index in [-0.39, 0.29) is 11.6 Å². The second-order valence-electron chi connectivity index (χ2n) is 5.85. The van der Waals surface area contributed by atoms with Gasteiger partial charge in [-0.25, -0.2) is 0 Å². The van der Waals surface area contributed by atoms with Crippen molar-refractivity contribution in [1.29, 1.82) is 0 Å². The van der Waals surface area contributed by atoms with E-state index >= 15 is 0 Å². The van der Waals surface area contributed by atoms with Crippen LogP contribution in [0.2, 0.25) is 0 Å². The Kier molecular flexibility index (Phi) is 3.87. The normalized spacial score (nSPS) is 14.9. The lowest BCUT2D eigenvalue weighted by Crippen LogP contribution is -2.28. The first-order chi connectivity index (χ1) is 11.0. The molecule has 0 atom stereocenters. The van der Waals surface area contributed by atoms with Gasteiger partial charge in [-0.05, 0) is 37.1 Å². The van der Waals surface area contributed by atoms with Crippen LogP contribution < -0.4 is 5.32 Å². The molecule has 23 heavy (non-hydrogen) atoms. The maximum absolute atomic E-state index is 12.3. The summed E-state index contributed by atoms with van der Waals surface area (Å²) in [7, 11) is 0. The number of hydrogen-bond donors (Lipinski definition) is 1. The Morgan fingerprint density at radius 2 is 1.65 bits per heavy atom. The van der Waals surface area contributed by atoms with Crippen LogP contribution in [0.5, 0.6) is 0 Å². The fourth-order valence-corrected chi connectivity index (χ4v) is 3.22. The molecule has 1 N–H and O–H groups in total. The summed E-state index contributed by atoms with van der Waals surface area (Å²) in [6.07, 6.45) is 0. The maximum atomic E-state index is 12.3. The van der Waals surface area contributed by atoms with Crippen molar-refractivity contribution in [3.05, 3.63) is 64.9 Å². The molecule has 1 heterocycles. The molecule has 0 unspecified atom stereocenters. The van der Waals surface area contributed by atoms with E-state index in [0.29, 0.717) is 17.7 Å². The zero-order chi connectivity index (χ0) is 16.6. The summed E-state index contributed by atoms with van der Waals surface area (Å²) in [4.78, 5) is 24.4. The molecule has 0 saturated carbocycles. The highest BCUT2D eigenvalue weighted by Gasteiger charge is 2.26. The average molecular weight is 305 g/mol. The third-order valence-corrected chi connectivity index (χ3v) is 4.29. The number of hydrogen-bond acceptors (Lipinski definition) is 3. The second kappa shape index (κ2) is 5.84. The van der Waals surface area contributed by atoms with Crippen LogP contribution in [-0.2, 0) is 9.59 Å². The van der Waals surface area contributed by atoms with Gasteiger partial charge in [-0.1, -0.05) is 42.5 Å². The molecule has 0 aromatic heterocycles. The summed E-state index contributed by atoms with van der Waals surface area (Å²) >= 11 is 0. The highest BCUT2D eigenvalue weighted by Crippen LogP contribution is 2.36. The number of rotatable bonds is 3. The van der Waals surface area contributed by atoms with Gasteiger partial charge in [-0.3, -0.25) is 9.59 Å². The smallest absolute Gasteiger partial charge is 0.162 e. The van der Waals surface area contributed by atoms with Gasteiger partial charge in [0.05, 0.1) is 0 Å². The van der Waals surface area contributed by atoms with Gasteiger partial charge >= 0.3 is 0 Å². The molecule has 3 heteroatoms. The molecule has 0 fully saturated rings. The van der Waals surface area contributed by atoms with Crippen LogP contribution in [0.25, 0.3) is 16.3 Å².